The summed E-state index contributed by atoms with van der Waals surface area (Å²) in [6.07, 6.45) is 2.39. The van der Waals surface area contributed by atoms with E-state index in [1.165, 1.54) is 36.4 Å². The zero-order chi connectivity index (χ0) is 21.1. The van der Waals surface area contributed by atoms with Crippen molar-refractivity contribution in [2.24, 2.45) is 0 Å². The molecule has 160 valence electrons. The molecule has 0 radical (unpaired) electrons. The van der Waals surface area contributed by atoms with Gasteiger partial charge in [-0.3, -0.25) is 4.79 Å². The molecule has 6 nitrogen and oxygen atoms in total. The third-order valence-electron chi connectivity index (χ3n) is 5.27. The van der Waals surface area contributed by atoms with Gasteiger partial charge in [-0.2, -0.15) is 0 Å². The normalized spacial score (nSPS) is 21.2. The lowest BCUT2D eigenvalue weighted by molar-refractivity contribution is 0.0934. The van der Waals surface area contributed by atoms with Crippen molar-refractivity contribution in [1.82, 2.24) is 10.0 Å². The molecule has 1 saturated heterocycles. The van der Waals surface area contributed by atoms with E-state index in [9.17, 15) is 17.6 Å². The maximum absolute atomic E-state index is 13.7. The lowest BCUT2D eigenvalue weighted by atomic mass is 10.0. The first-order valence-corrected chi connectivity index (χ1v) is 12.3. The molecule has 2 aromatic rings. The standard InChI is InChI=1S/C21H23FN2O4S2/c22-15-5-8-20-18(12-15)19(9-11-29-20)24-21(25)14-3-6-17(7-4-14)30(26,27)23-13-16-2-1-10-28-16/h3-8,12,16,19,23H,1-2,9-11,13H2,(H,24,25)/t16-,19-/m0/s1. The number of hydrogen-bond donors (Lipinski definition) is 2. The number of carbonyl (C=O) groups is 1. The van der Waals surface area contributed by atoms with Gasteiger partial charge in [0.05, 0.1) is 17.0 Å². The van der Waals surface area contributed by atoms with Gasteiger partial charge >= 0.3 is 0 Å². The maximum Gasteiger partial charge on any atom is 0.251 e. The van der Waals surface area contributed by atoms with Gasteiger partial charge in [0.15, 0.2) is 0 Å². The summed E-state index contributed by atoms with van der Waals surface area (Å²) in [5.74, 6) is 0.177. The summed E-state index contributed by atoms with van der Waals surface area (Å²) in [7, 11) is -3.67. The molecule has 2 aromatic carbocycles. The summed E-state index contributed by atoms with van der Waals surface area (Å²) in [6, 6.07) is 10.1. The smallest absolute Gasteiger partial charge is 0.251 e. The van der Waals surface area contributed by atoms with E-state index in [2.05, 4.69) is 10.0 Å². The van der Waals surface area contributed by atoms with Crippen molar-refractivity contribution in [1.29, 1.82) is 0 Å². The second-order valence-corrected chi connectivity index (χ2v) is 10.3. The Morgan fingerprint density at radius 2 is 1.97 bits per heavy atom. The van der Waals surface area contributed by atoms with Gasteiger partial charge in [0.25, 0.3) is 5.91 Å². The summed E-state index contributed by atoms with van der Waals surface area (Å²) >= 11 is 1.64. The van der Waals surface area contributed by atoms with Crippen molar-refractivity contribution in [3.8, 4) is 0 Å². The number of nitrogens with one attached hydrogen (secondary N) is 2. The minimum Gasteiger partial charge on any atom is -0.377 e. The van der Waals surface area contributed by atoms with Crippen LogP contribution in [0, 0.1) is 5.82 Å². The molecule has 2 N–H and O–H groups in total. The number of halogens is 1. The zero-order valence-corrected chi connectivity index (χ0v) is 17.9. The highest BCUT2D eigenvalue weighted by Gasteiger charge is 2.24. The summed E-state index contributed by atoms with van der Waals surface area (Å²) in [6.45, 7) is 0.896. The highest BCUT2D eigenvalue weighted by atomic mass is 32.2. The Balaban J connectivity index is 1.42. The number of rotatable bonds is 6. The van der Waals surface area contributed by atoms with Crippen LogP contribution in [0.25, 0.3) is 0 Å². The minimum atomic E-state index is -3.67. The first-order valence-electron chi connectivity index (χ1n) is 9.87. The molecule has 0 saturated carbocycles. The molecule has 2 atom stereocenters. The molecule has 2 aliphatic heterocycles. The third kappa shape index (κ3) is 4.85. The molecule has 1 fully saturated rings. The molecule has 9 heteroatoms. The summed E-state index contributed by atoms with van der Waals surface area (Å²) in [5, 5.41) is 2.94. The average Bonchev–Trinajstić information content (AvgIpc) is 3.27. The quantitative estimate of drug-likeness (QED) is 0.706. The topological polar surface area (TPSA) is 84.5 Å². The van der Waals surface area contributed by atoms with Crippen LogP contribution in [0.2, 0.25) is 0 Å². The predicted molar refractivity (Wildman–Crippen MR) is 113 cm³/mol. The van der Waals surface area contributed by atoms with Gasteiger partial charge in [0.1, 0.15) is 5.82 Å². The number of sulfonamides is 1. The van der Waals surface area contributed by atoms with E-state index >= 15 is 0 Å². The second kappa shape index (κ2) is 9.05. The van der Waals surface area contributed by atoms with Crippen molar-refractivity contribution in [2.75, 3.05) is 18.9 Å². The molecular weight excluding hydrogens is 427 g/mol. The fourth-order valence-corrected chi connectivity index (χ4v) is 5.81. The number of carbonyl (C=O) groups excluding carboxylic acids is 1. The Labute approximate surface area is 179 Å². The van der Waals surface area contributed by atoms with Crippen molar-refractivity contribution < 1.29 is 22.3 Å². The first-order chi connectivity index (χ1) is 14.4. The SMILES string of the molecule is O=C(N[C@H]1CCSc2ccc(F)cc21)c1ccc(S(=O)(=O)NC[C@@H]2CCCO2)cc1. The highest BCUT2D eigenvalue weighted by Crippen LogP contribution is 2.36. The van der Waals surface area contributed by atoms with Crippen molar-refractivity contribution in [2.45, 2.75) is 41.2 Å². The van der Waals surface area contributed by atoms with E-state index < -0.39 is 10.0 Å². The van der Waals surface area contributed by atoms with Gasteiger partial charge in [-0.05, 0) is 67.3 Å². The lowest BCUT2D eigenvalue weighted by Gasteiger charge is -2.26. The van der Waals surface area contributed by atoms with Crippen LogP contribution in [0.4, 0.5) is 4.39 Å². The number of ether oxygens (including phenoxy) is 1. The molecule has 2 heterocycles. The molecule has 0 spiro atoms. The van der Waals surface area contributed by atoms with Gasteiger partial charge in [-0.25, -0.2) is 17.5 Å². The summed E-state index contributed by atoms with van der Waals surface area (Å²) in [4.78, 5) is 13.7. The molecule has 0 aliphatic carbocycles. The zero-order valence-electron chi connectivity index (χ0n) is 16.3. The highest BCUT2D eigenvalue weighted by molar-refractivity contribution is 7.99. The van der Waals surface area contributed by atoms with Crippen molar-refractivity contribution in [3.63, 3.8) is 0 Å². The molecule has 2 aliphatic rings. The lowest BCUT2D eigenvalue weighted by Crippen LogP contribution is -2.32. The molecule has 4 rings (SSSR count). The van der Waals surface area contributed by atoms with E-state index in [1.807, 2.05) is 0 Å². The summed E-state index contributed by atoms with van der Waals surface area (Å²) in [5.41, 5.74) is 1.13. The Morgan fingerprint density at radius 3 is 2.70 bits per heavy atom. The number of fused-ring (bicyclic) bond motifs is 1. The van der Waals surface area contributed by atoms with Crippen LogP contribution in [0.3, 0.4) is 0 Å². The van der Waals surface area contributed by atoms with Crippen LogP contribution in [0.15, 0.2) is 52.3 Å². The van der Waals surface area contributed by atoms with Crippen LogP contribution < -0.4 is 10.0 Å². The van der Waals surface area contributed by atoms with Crippen molar-refractivity contribution in [3.05, 3.63) is 59.4 Å². The molecular formula is C21H23FN2O4S2. The van der Waals surface area contributed by atoms with Gasteiger partial charge in [-0.15, -0.1) is 11.8 Å². The van der Waals surface area contributed by atoms with Crippen LogP contribution in [0.1, 0.15) is 41.2 Å². The molecule has 0 bridgehead atoms. The molecule has 0 aromatic heterocycles. The number of hydrogen-bond acceptors (Lipinski definition) is 5. The Morgan fingerprint density at radius 1 is 1.17 bits per heavy atom. The maximum atomic E-state index is 13.7. The third-order valence-corrected chi connectivity index (χ3v) is 7.83. The van der Waals surface area contributed by atoms with Gasteiger partial charge in [-0.1, -0.05) is 0 Å². The minimum absolute atomic E-state index is 0.0915. The number of thioether (sulfide) groups is 1. The monoisotopic (exact) mass is 450 g/mol. The fourth-order valence-electron chi connectivity index (χ4n) is 3.63. The van der Waals surface area contributed by atoms with Gasteiger partial charge < -0.3 is 10.1 Å². The number of amides is 1. The first kappa shape index (κ1) is 21.3. The Bertz CT molecular complexity index is 1020. The van der Waals surface area contributed by atoms with E-state index in [0.717, 1.165) is 29.1 Å². The molecule has 30 heavy (non-hydrogen) atoms. The van der Waals surface area contributed by atoms with Crippen LogP contribution in [-0.2, 0) is 14.8 Å². The van der Waals surface area contributed by atoms with Gasteiger partial charge in [0, 0.05) is 29.4 Å². The van der Waals surface area contributed by atoms with Crippen molar-refractivity contribution >= 4 is 27.7 Å². The van der Waals surface area contributed by atoms with E-state index in [4.69, 9.17) is 4.74 Å². The fraction of sp³-hybridized carbons (Fsp3) is 0.381. The van der Waals surface area contributed by atoms with Gasteiger partial charge in [0.2, 0.25) is 10.0 Å². The Kier molecular flexibility index (Phi) is 6.43. The Hall–Kier alpha value is -1.94. The van der Waals surface area contributed by atoms with E-state index in [-0.39, 0.29) is 35.3 Å². The average molecular weight is 451 g/mol. The van der Waals surface area contributed by atoms with Crippen LogP contribution >= 0.6 is 11.8 Å². The largest absolute Gasteiger partial charge is 0.377 e. The van der Waals surface area contributed by atoms with E-state index in [1.54, 1.807) is 17.8 Å². The van der Waals surface area contributed by atoms with Crippen LogP contribution in [0.5, 0.6) is 0 Å². The van der Waals surface area contributed by atoms with E-state index in [0.29, 0.717) is 18.6 Å². The summed E-state index contributed by atoms with van der Waals surface area (Å²) < 4.78 is 46.5. The predicted octanol–water partition coefficient (Wildman–Crippen LogP) is 3.25. The van der Waals surface area contributed by atoms with Crippen LogP contribution in [-0.4, -0.2) is 39.3 Å². The molecule has 1 amide bonds. The second-order valence-electron chi connectivity index (χ2n) is 7.36. The molecule has 0 unspecified atom stereocenters. The number of benzene rings is 2.